The fourth-order valence-electron chi connectivity index (χ4n) is 8.59. The van der Waals surface area contributed by atoms with Crippen molar-refractivity contribution in [3.63, 3.8) is 0 Å². The van der Waals surface area contributed by atoms with Crippen molar-refractivity contribution in [1.82, 2.24) is 18.4 Å². The number of anilines is 1. The summed E-state index contributed by atoms with van der Waals surface area (Å²) in [6.07, 6.45) is 16.7. The first-order valence-corrected chi connectivity index (χ1v) is 25.3. The summed E-state index contributed by atoms with van der Waals surface area (Å²) in [5.41, 5.74) is 1.69. The Morgan fingerprint density at radius 2 is 1.33 bits per heavy atom. The van der Waals surface area contributed by atoms with Gasteiger partial charge in [0.15, 0.2) is 11.8 Å². The number of ketones is 1. The lowest BCUT2D eigenvalue weighted by atomic mass is 9.96. The maximum Gasteiger partial charge on any atom is 0.335 e. The third kappa shape index (κ3) is 12.2. The lowest BCUT2D eigenvalue weighted by molar-refractivity contribution is -0.118. The van der Waals surface area contributed by atoms with Gasteiger partial charge in [-0.2, -0.15) is 0 Å². The normalized spacial score (nSPS) is 12.1. The highest BCUT2D eigenvalue weighted by Crippen LogP contribution is 2.38. The van der Waals surface area contributed by atoms with Gasteiger partial charge < -0.3 is 19.7 Å². The minimum atomic E-state index is -4.04. The van der Waals surface area contributed by atoms with Crippen molar-refractivity contribution in [3.05, 3.63) is 130 Å². The Kier molecular flexibility index (Phi) is 18.3. The van der Waals surface area contributed by atoms with E-state index in [9.17, 15) is 23.1 Å². The van der Waals surface area contributed by atoms with Crippen molar-refractivity contribution in [2.75, 3.05) is 18.5 Å². The van der Waals surface area contributed by atoms with Gasteiger partial charge in [-0.3, -0.25) is 14.2 Å². The number of ether oxygens (including phenoxy) is 1. The van der Waals surface area contributed by atoms with Crippen molar-refractivity contribution < 1.29 is 27.9 Å². The molecule has 352 valence electrons. The molecule has 1 atom stereocenters. The number of aryl methyl sites for hydroxylation is 1. The number of fused-ring (bicyclic) bond motifs is 1. The minimum Gasteiger partial charge on any atom is -0.491 e. The average molecular weight is 939 g/mol. The molecule has 14 heteroatoms. The second-order valence-electron chi connectivity index (χ2n) is 16.8. The zero-order chi connectivity index (χ0) is 47.1. The SMILES string of the molecule is CCCCCCCCCCCCCCCCNS(=O)(=O)c1ccc(Cl)c(NC(=O)C(C(=O)c2c(-c3ccccc3)n(C)c3ccccc23)n2c(O)c(OCC)n(Cc3ccccc3)c2=O)c1. The number of aromatic hydroxyl groups is 1. The molecule has 4 aromatic carbocycles. The predicted octanol–water partition coefficient (Wildman–Crippen LogP) is 11.4. The van der Waals surface area contributed by atoms with Crippen LogP contribution in [0.3, 0.4) is 0 Å². The summed E-state index contributed by atoms with van der Waals surface area (Å²) < 4.78 is 39.4. The van der Waals surface area contributed by atoms with E-state index in [1.165, 1.54) is 87.0 Å². The third-order valence-electron chi connectivity index (χ3n) is 12.1. The number of nitrogens with one attached hydrogen (secondary N) is 2. The van der Waals surface area contributed by atoms with Gasteiger partial charge in [-0.05, 0) is 48.7 Å². The van der Waals surface area contributed by atoms with Crippen LogP contribution in [0.25, 0.3) is 22.2 Å². The van der Waals surface area contributed by atoms with Gasteiger partial charge in [0.1, 0.15) is 0 Å². The number of nitrogens with zero attached hydrogens (tertiary/aromatic N) is 3. The quantitative estimate of drug-likeness (QED) is 0.0264. The maximum atomic E-state index is 15.4. The van der Waals surface area contributed by atoms with Gasteiger partial charge in [-0.15, -0.1) is 0 Å². The fourth-order valence-corrected chi connectivity index (χ4v) is 9.86. The van der Waals surface area contributed by atoms with Crippen LogP contribution in [0.1, 0.15) is 126 Å². The summed E-state index contributed by atoms with van der Waals surface area (Å²) in [6, 6.07) is 27.3. The van der Waals surface area contributed by atoms with E-state index >= 15 is 4.79 Å². The molecular weight excluding hydrogens is 874 g/mol. The van der Waals surface area contributed by atoms with Crippen LogP contribution in [-0.4, -0.2) is 52.1 Å². The molecule has 0 saturated carbocycles. The van der Waals surface area contributed by atoms with E-state index < -0.39 is 39.3 Å². The van der Waals surface area contributed by atoms with Crippen molar-refractivity contribution in [3.8, 4) is 23.0 Å². The molecule has 6 aromatic rings. The van der Waals surface area contributed by atoms with E-state index in [-0.39, 0.29) is 46.7 Å². The molecule has 66 heavy (non-hydrogen) atoms. The van der Waals surface area contributed by atoms with E-state index in [0.29, 0.717) is 34.1 Å². The number of hydrogen-bond donors (Lipinski definition) is 3. The number of para-hydroxylation sites is 1. The molecule has 3 N–H and O–H groups in total. The topological polar surface area (TPSA) is 154 Å². The van der Waals surface area contributed by atoms with Gasteiger partial charge in [0, 0.05) is 24.5 Å². The minimum absolute atomic E-state index is 0.0103. The number of hydrogen-bond acceptors (Lipinski definition) is 7. The van der Waals surface area contributed by atoms with Crippen LogP contribution in [0, 0.1) is 0 Å². The number of carbonyl (C=O) groups excluding carboxylic acids is 2. The molecule has 12 nitrogen and oxygen atoms in total. The highest BCUT2D eigenvalue weighted by atomic mass is 35.5. The molecule has 0 spiro atoms. The van der Waals surface area contributed by atoms with Crippen molar-refractivity contribution in [2.24, 2.45) is 7.05 Å². The van der Waals surface area contributed by atoms with Crippen molar-refractivity contribution in [2.45, 2.75) is 121 Å². The van der Waals surface area contributed by atoms with E-state index in [0.717, 1.165) is 23.8 Å². The van der Waals surface area contributed by atoms with Gasteiger partial charge in [0.25, 0.3) is 17.7 Å². The first kappa shape index (κ1) is 49.8. The second kappa shape index (κ2) is 24.2. The summed E-state index contributed by atoms with van der Waals surface area (Å²) in [4.78, 5) is 44.8. The van der Waals surface area contributed by atoms with E-state index in [4.69, 9.17) is 16.3 Å². The zero-order valence-electron chi connectivity index (χ0n) is 38.4. The molecule has 0 saturated heterocycles. The van der Waals surface area contributed by atoms with Crippen LogP contribution in [0.15, 0.2) is 113 Å². The van der Waals surface area contributed by atoms with Gasteiger partial charge in [-0.25, -0.2) is 22.5 Å². The molecule has 2 aromatic heterocycles. The van der Waals surface area contributed by atoms with Crippen molar-refractivity contribution in [1.29, 1.82) is 0 Å². The van der Waals surface area contributed by atoms with Gasteiger partial charge >= 0.3 is 5.69 Å². The van der Waals surface area contributed by atoms with E-state index in [1.807, 2.05) is 60.1 Å². The van der Waals surface area contributed by atoms with Crippen molar-refractivity contribution >= 4 is 49.9 Å². The molecule has 1 unspecified atom stereocenters. The second-order valence-corrected chi connectivity index (χ2v) is 19.0. The predicted molar refractivity (Wildman–Crippen MR) is 264 cm³/mol. The summed E-state index contributed by atoms with van der Waals surface area (Å²) in [5.74, 6) is -2.82. The fraction of sp³-hybridized carbons (Fsp3) is 0.404. The van der Waals surface area contributed by atoms with Gasteiger partial charge in [-0.1, -0.05) is 181 Å². The van der Waals surface area contributed by atoms with Crippen LogP contribution < -0.4 is 20.5 Å². The maximum absolute atomic E-state index is 15.4. The number of sulfonamides is 1. The first-order valence-electron chi connectivity index (χ1n) is 23.5. The standard InChI is InChI=1S/C52H64ClN5O7S/c1-4-6-7-8-9-10-11-12-13-14-15-16-17-26-35-54-66(63,64)40-33-34-42(53)43(36-40)55-49(60)47(58-50(61)51(65-5-2)57(52(58)62)37-38-27-20-18-21-28-38)48(59)45-41-31-24-25-32-44(41)56(3)46(45)39-29-22-19-23-30-39/h18-25,27-34,36,47,54,61H,4-17,26,35,37H2,1-3H3,(H,55,60). The smallest absolute Gasteiger partial charge is 0.335 e. The lowest BCUT2D eigenvalue weighted by Gasteiger charge is -2.19. The largest absolute Gasteiger partial charge is 0.491 e. The number of halogens is 1. The molecule has 1 amide bonds. The molecule has 2 heterocycles. The first-order chi connectivity index (χ1) is 32.0. The van der Waals surface area contributed by atoms with E-state index in [1.54, 1.807) is 43.3 Å². The van der Waals surface area contributed by atoms with Gasteiger partial charge in [0.2, 0.25) is 10.0 Å². The Morgan fingerprint density at radius 1 is 0.758 bits per heavy atom. The van der Waals surface area contributed by atoms with Gasteiger partial charge in [0.05, 0.1) is 40.0 Å². The van der Waals surface area contributed by atoms with Crippen LogP contribution in [0.5, 0.6) is 11.8 Å². The number of carbonyl (C=O) groups is 2. The molecule has 0 aliphatic carbocycles. The molecule has 6 rings (SSSR count). The third-order valence-corrected chi connectivity index (χ3v) is 13.8. The number of unbranched alkanes of at least 4 members (excludes halogenated alkanes) is 13. The number of rotatable bonds is 27. The Morgan fingerprint density at radius 3 is 1.95 bits per heavy atom. The molecular formula is C52H64ClN5O7S. The van der Waals surface area contributed by atoms with Crippen LogP contribution in [0.4, 0.5) is 5.69 Å². The van der Waals surface area contributed by atoms with Crippen LogP contribution >= 0.6 is 11.6 Å². The highest BCUT2D eigenvalue weighted by Gasteiger charge is 2.39. The average Bonchev–Trinajstić information content (AvgIpc) is 3.74. The summed E-state index contributed by atoms with van der Waals surface area (Å²) in [7, 11) is -2.23. The van der Waals surface area contributed by atoms with Crippen LogP contribution in [-0.2, 0) is 28.4 Å². The Balaban J connectivity index is 1.25. The molecule has 0 fully saturated rings. The summed E-state index contributed by atoms with van der Waals surface area (Å²) in [5, 5.41) is 15.1. The van der Waals surface area contributed by atoms with Crippen LogP contribution in [0.2, 0.25) is 5.02 Å². The van der Waals surface area contributed by atoms with E-state index in [2.05, 4.69) is 17.0 Å². The number of Topliss-reactive ketones (excluding diaryl/α,β-unsaturated/α-hetero) is 1. The number of imidazole rings is 1. The summed E-state index contributed by atoms with van der Waals surface area (Å²) >= 11 is 6.63. The molecule has 0 aliphatic rings. The molecule has 0 radical (unpaired) electrons. The molecule has 0 bridgehead atoms. The highest BCUT2D eigenvalue weighted by molar-refractivity contribution is 7.89. The number of aromatic nitrogens is 3. The Labute approximate surface area is 394 Å². The number of amides is 1. The Hall–Kier alpha value is -5.63. The Bertz CT molecular complexity index is 2710. The monoisotopic (exact) mass is 937 g/mol. The lowest BCUT2D eigenvalue weighted by Crippen LogP contribution is -2.39. The zero-order valence-corrected chi connectivity index (χ0v) is 40.0. The molecule has 0 aliphatic heterocycles. The summed E-state index contributed by atoms with van der Waals surface area (Å²) in [6.45, 7) is 4.18. The number of benzene rings is 4.